The number of aromatic nitrogens is 2. The van der Waals surface area contributed by atoms with E-state index in [0.29, 0.717) is 16.5 Å². The zero-order valence-electron chi connectivity index (χ0n) is 23.9. The van der Waals surface area contributed by atoms with Gasteiger partial charge in [-0.1, -0.05) is 36.4 Å². The smallest absolute Gasteiger partial charge is 0.322 e. The van der Waals surface area contributed by atoms with Gasteiger partial charge in [-0.25, -0.2) is 0 Å². The molecular weight excluding hydrogens is 570 g/mol. The zero-order chi connectivity index (χ0) is 32.0. The van der Waals surface area contributed by atoms with Crippen molar-refractivity contribution in [2.75, 3.05) is 13.2 Å². The van der Waals surface area contributed by atoms with Crippen LogP contribution in [-0.4, -0.2) is 86.7 Å². The number of H-pyrrole nitrogens is 1. The van der Waals surface area contributed by atoms with E-state index in [0.717, 1.165) is 16.5 Å². The van der Waals surface area contributed by atoms with Crippen LogP contribution in [0, 0.1) is 0 Å². The van der Waals surface area contributed by atoms with Crippen molar-refractivity contribution in [3.05, 3.63) is 72.1 Å². The average Bonchev–Trinajstić information content (AvgIpc) is 3.59. The molecule has 14 nitrogen and oxygen atoms in total. The molecule has 4 aromatic rings. The number of amides is 3. The minimum Gasteiger partial charge on any atom is -0.480 e. The highest BCUT2D eigenvalue weighted by atomic mass is 16.4. The van der Waals surface area contributed by atoms with Gasteiger partial charge in [0.05, 0.1) is 18.2 Å². The minimum absolute atomic E-state index is 0.0239. The molecular formula is C30H35N7O7. The zero-order valence-corrected chi connectivity index (χ0v) is 23.9. The van der Waals surface area contributed by atoms with Crippen LogP contribution in [0.25, 0.3) is 21.8 Å². The van der Waals surface area contributed by atoms with Gasteiger partial charge in [0, 0.05) is 35.1 Å². The van der Waals surface area contributed by atoms with Gasteiger partial charge in [0.2, 0.25) is 23.6 Å². The van der Waals surface area contributed by atoms with E-state index in [1.807, 2.05) is 24.3 Å². The number of carbonyl (C=O) groups is 5. The SMILES string of the molecule is C[C@H](NC(=O)[C@@H](N)Cc1cn(C(=O)[C@@H](N)CO)c2ccccc12)C(=O)N[C@@H](Cc1c[nH]c2ccccc12)C(=O)NCC(=O)O. The molecule has 0 bridgehead atoms. The van der Waals surface area contributed by atoms with Crippen molar-refractivity contribution < 1.29 is 34.2 Å². The number of aliphatic carboxylic acids is 1. The maximum atomic E-state index is 13.1. The second-order valence-electron chi connectivity index (χ2n) is 10.4. The van der Waals surface area contributed by atoms with Gasteiger partial charge in [0.15, 0.2) is 0 Å². The first-order valence-electron chi connectivity index (χ1n) is 13.9. The molecule has 0 aliphatic carbocycles. The molecule has 2 heterocycles. The number of fused-ring (bicyclic) bond motifs is 2. The summed E-state index contributed by atoms with van der Waals surface area (Å²) in [5.41, 5.74) is 14.6. The Hall–Kier alpha value is -5.05. The third-order valence-electron chi connectivity index (χ3n) is 7.22. The van der Waals surface area contributed by atoms with E-state index < -0.39 is 66.9 Å². The molecule has 2 aromatic carbocycles. The molecule has 44 heavy (non-hydrogen) atoms. The summed E-state index contributed by atoms with van der Waals surface area (Å²) in [5.74, 6) is -3.79. The van der Waals surface area contributed by atoms with Gasteiger partial charge in [0.25, 0.3) is 0 Å². The summed E-state index contributed by atoms with van der Waals surface area (Å²) < 4.78 is 1.31. The van der Waals surface area contributed by atoms with Crippen molar-refractivity contribution in [1.29, 1.82) is 0 Å². The first-order chi connectivity index (χ1) is 21.0. The predicted octanol–water partition coefficient (Wildman–Crippen LogP) is -0.615. The lowest BCUT2D eigenvalue weighted by atomic mass is 10.0. The van der Waals surface area contributed by atoms with Crippen LogP contribution in [-0.2, 0) is 32.0 Å². The predicted molar refractivity (Wildman–Crippen MR) is 161 cm³/mol. The van der Waals surface area contributed by atoms with E-state index in [9.17, 15) is 29.1 Å². The number of benzene rings is 2. The Morgan fingerprint density at radius 2 is 1.55 bits per heavy atom. The number of aliphatic hydroxyl groups is 1. The Kier molecular flexibility index (Phi) is 10.1. The highest BCUT2D eigenvalue weighted by molar-refractivity contribution is 5.97. The summed E-state index contributed by atoms with van der Waals surface area (Å²) in [4.78, 5) is 65.8. The molecule has 2 aromatic heterocycles. The normalized spacial score (nSPS) is 14.0. The Bertz CT molecular complexity index is 1700. The number of carboxylic acid groups (broad SMARTS) is 1. The number of rotatable bonds is 13. The molecule has 0 fully saturated rings. The molecule has 4 atom stereocenters. The van der Waals surface area contributed by atoms with E-state index in [2.05, 4.69) is 20.9 Å². The van der Waals surface area contributed by atoms with Crippen LogP contribution in [0.5, 0.6) is 0 Å². The van der Waals surface area contributed by atoms with Crippen LogP contribution in [0.4, 0.5) is 0 Å². The highest BCUT2D eigenvalue weighted by Crippen LogP contribution is 2.23. The number of carboxylic acids is 1. The third-order valence-corrected chi connectivity index (χ3v) is 7.22. The molecule has 0 saturated carbocycles. The largest absolute Gasteiger partial charge is 0.480 e. The Morgan fingerprint density at radius 3 is 2.25 bits per heavy atom. The molecule has 0 saturated heterocycles. The number of aliphatic hydroxyl groups excluding tert-OH is 1. The molecule has 10 N–H and O–H groups in total. The van der Waals surface area contributed by atoms with Crippen molar-refractivity contribution in [3.63, 3.8) is 0 Å². The first kappa shape index (κ1) is 31.9. The van der Waals surface area contributed by atoms with Crippen LogP contribution in [0.1, 0.15) is 22.8 Å². The molecule has 0 unspecified atom stereocenters. The number of nitrogens with two attached hydrogens (primary N) is 2. The lowest BCUT2D eigenvalue weighted by molar-refractivity contribution is -0.138. The summed E-state index contributed by atoms with van der Waals surface area (Å²) >= 11 is 0. The van der Waals surface area contributed by atoms with E-state index >= 15 is 0 Å². The summed E-state index contributed by atoms with van der Waals surface area (Å²) in [7, 11) is 0. The van der Waals surface area contributed by atoms with Crippen molar-refractivity contribution >= 4 is 51.4 Å². The van der Waals surface area contributed by atoms with Gasteiger partial charge < -0.3 is 42.6 Å². The first-order valence-corrected chi connectivity index (χ1v) is 13.9. The van der Waals surface area contributed by atoms with Gasteiger partial charge in [-0.2, -0.15) is 0 Å². The third kappa shape index (κ3) is 7.29. The summed E-state index contributed by atoms with van der Waals surface area (Å²) in [6.07, 6.45) is 3.32. The van der Waals surface area contributed by atoms with Crippen molar-refractivity contribution in [2.24, 2.45) is 11.5 Å². The fourth-order valence-corrected chi connectivity index (χ4v) is 4.88. The molecule has 0 radical (unpaired) electrons. The number of carbonyl (C=O) groups excluding carboxylic acids is 4. The van der Waals surface area contributed by atoms with Crippen LogP contribution < -0.4 is 27.4 Å². The summed E-state index contributed by atoms with van der Waals surface area (Å²) in [6, 6.07) is 9.91. The Morgan fingerprint density at radius 1 is 0.864 bits per heavy atom. The lowest BCUT2D eigenvalue weighted by Crippen LogP contribution is -2.55. The number of para-hydroxylation sites is 2. The number of hydrogen-bond acceptors (Lipinski definition) is 8. The molecule has 0 aliphatic rings. The summed E-state index contributed by atoms with van der Waals surface area (Å²) in [6.45, 7) is 0.263. The fraction of sp³-hybridized carbons (Fsp3) is 0.300. The number of hydrogen-bond donors (Lipinski definition) is 8. The van der Waals surface area contributed by atoms with E-state index in [1.54, 1.807) is 30.5 Å². The fourth-order valence-electron chi connectivity index (χ4n) is 4.88. The topological polar surface area (TPSA) is 235 Å². The molecule has 0 spiro atoms. The van der Waals surface area contributed by atoms with Crippen LogP contribution in [0.3, 0.4) is 0 Å². The molecule has 14 heteroatoms. The molecule has 3 amide bonds. The number of nitrogens with one attached hydrogen (secondary N) is 4. The standard InChI is InChI=1S/C30H35N7O7/c1-16(27(41)36-24(29(43)34-13-26(39)40)11-17-12-33-23-8-4-2-6-19(17)23)35-28(42)21(31)10-18-14-37(30(44)22(32)15-38)25-9-5-3-7-20(18)25/h2-9,12,14,16,21-22,24,33,38H,10-11,13,15,31-32H2,1H3,(H,34,43)(H,35,42)(H,36,41)(H,39,40)/t16-,21-,22-,24-/m0/s1. The van der Waals surface area contributed by atoms with Gasteiger partial charge in [-0.3, -0.25) is 28.5 Å². The van der Waals surface area contributed by atoms with Gasteiger partial charge in [0.1, 0.15) is 24.7 Å². The molecule has 4 rings (SSSR count). The van der Waals surface area contributed by atoms with Crippen molar-refractivity contribution in [1.82, 2.24) is 25.5 Å². The quantitative estimate of drug-likeness (QED) is 0.0969. The molecule has 232 valence electrons. The van der Waals surface area contributed by atoms with Crippen LogP contribution in [0.15, 0.2) is 60.9 Å². The van der Waals surface area contributed by atoms with Gasteiger partial charge >= 0.3 is 5.97 Å². The second-order valence-corrected chi connectivity index (χ2v) is 10.4. The number of nitrogens with zero attached hydrogens (tertiary/aromatic N) is 1. The Balaban J connectivity index is 1.44. The van der Waals surface area contributed by atoms with Crippen LogP contribution in [0.2, 0.25) is 0 Å². The van der Waals surface area contributed by atoms with Gasteiger partial charge in [-0.05, 0) is 36.6 Å². The molecule has 0 aliphatic heterocycles. The van der Waals surface area contributed by atoms with Crippen molar-refractivity contribution in [3.8, 4) is 0 Å². The number of aromatic amines is 1. The maximum absolute atomic E-state index is 13.1. The lowest BCUT2D eigenvalue weighted by Gasteiger charge is -2.22. The monoisotopic (exact) mass is 605 g/mol. The summed E-state index contributed by atoms with van der Waals surface area (Å²) in [5, 5.41) is 27.3. The van der Waals surface area contributed by atoms with Crippen LogP contribution >= 0.6 is 0 Å². The van der Waals surface area contributed by atoms with Gasteiger partial charge in [-0.15, -0.1) is 0 Å². The van der Waals surface area contributed by atoms with E-state index in [-0.39, 0.29) is 12.8 Å². The Labute approximate surface area is 251 Å². The maximum Gasteiger partial charge on any atom is 0.322 e. The highest BCUT2D eigenvalue weighted by Gasteiger charge is 2.28. The average molecular weight is 606 g/mol. The second kappa shape index (κ2) is 13.9. The van der Waals surface area contributed by atoms with E-state index in [4.69, 9.17) is 16.6 Å². The van der Waals surface area contributed by atoms with E-state index in [1.165, 1.54) is 17.7 Å². The minimum atomic E-state index is -1.24. The van der Waals surface area contributed by atoms with Crippen molar-refractivity contribution in [2.45, 2.75) is 43.9 Å².